The number of aliphatic hydroxyl groups excluding tert-OH is 1. The zero-order valence-corrected chi connectivity index (χ0v) is 22.8. The second-order valence-corrected chi connectivity index (χ2v) is 12.2. The van der Waals surface area contributed by atoms with Gasteiger partial charge in [0.25, 0.3) is 0 Å². The van der Waals surface area contributed by atoms with Crippen LogP contribution in [0.5, 0.6) is 0 Å². The molecule has 1 aliphatic rings. The number of fused-ring (bicyclic) bond motifs is 2. The molecular weight excluding hydrogens is 542 g/mol. The lowest BCUT2D eigenvalue weighted by Gasteiger charge is -2.41. The topological polar surface area (TPSA) is 138 Å². The normalized spacial score (nSPS) is 17.1. The summed E-state index contributed by atoms with van der Waals surface area (Å²) in [4.78, 5) is 33.4. The summed E-state index contributed by atoms with van der Waals surface area (Å²) in [5, 5.41) is 12.0. The largest absolute Gasteiger partial charge is 0.387 e. The van der Waals surface area contributed by atoms with Crippen LogP contribution >= 0.6 is 11.6 Å². The quantitative estimate of drug-likeness (QED) is 0.349. The van der Waals surface area contributed by atoms with Gasteiger partial charge in [-0.05, 0) is 54.1 Å². The molecule has 0 bridgehead atoms. The van der Waals surface area contributed by atoms with Crippen molar-refractivity contribution < 1.29 is 23.1 Å². The van der Waals surface area contributed by atoms with Crippen molar-refractivity contribution in [3.05, 3.63) is 71.5 Å². The molecule has 0 aliphatic carbocycles. The second-order valence-electron chi connectivity index (χ2n) is 9.63. The molecule has 5 rings (SSSR count). The van der Waals surface area contributed by atoms with Crippen LogP contribution in [0.2, 0.25) is 5.02 Å². The highest BCUT2D eigenvalue weighted by atomic mass is 35.5. The van der Waals surface area contributed by atoms with E-state index in [4.69, 9.17) is 17.3 Å². The van der Waals surface area contributed by atoms with Crippen molar-refractivity contribution in [2.45, 2.75) is 30.4 Å². The second kappa shape index (κ2) is 10.5. The van der Waals surface area contributed by atoms with Crippen molar-refractivity contribution in [3.8, 4) is 0 Å². The third-order valence-corrected chi connectivity index (χ3v) is 8.94. The van der Waals surface area contributed by atoms with Crippen molar-refractivity contribution in [1.82, 2.24) is 14.3 Å². The lowest BCUT2D eigenvalue weighted by molar-refractivity contribution is -0.139. The summed E-state index contributed by atoms with van der Waals surface area (Å²) in [7, 11) is -3.75. The van der Waals surface area contributed by atoms with Gasteiger partial charge in [-0.2, -0.15) is 0 Å². The standard InChI is InChI=1S/C27H28ClN5O5S/c1-17(34)22-15-33-24(30-22)3-2-4-25(33)31-10-11-32(23(16-31)27(29)36)26(35)9-12-39(37,38)21-8-6-18-13-20(28)7-5-19(18)14-21/h2-8,13-15,17,23,34H,9-12,16H2,1H3,(H2,29,36). The number of nitrogens with zero attached hydrogens (tertiary/aromatic N) is 4. The molecule has 4 aromatic rings. The first-order chi connectivity index (χ1) is 18.5. The summed E-state index contributed by atoms with van der Waals surface area (Å²) in [6.45, 7) is 2.36. The molecule has 10 nitrogen and oxygen atoms in total. The number of benzene rings is 2. The molecule has 2 atom stereocenters. The number of anilines is 1. The minimum absolute atomic E-state index is 0.117. The minimum atomic E-state index is -3.75. The summed E-state index contributed by atoms with van der Waals surface area (Å²) in [6, 6.07) is 14.5. The van der Waals surface area contributed by atoms with Crippen molar-refractivity contribution in [2.75, 3.05) is 30.3 Å². The van der Waals surface area contributed by atoms with Gasteiger partial charge in [0, 0.05) is 37.3 Å². The van der Waals surface area contributed by atoms with Crippen LogP contribution in [0.25, 0.3) is 16.4 Å². The molecule has 0 radical (unpaired) electrons. The van der Waals surface area contributed by atoms with E-state index < -0.39 is 39.6 Å². The lowest BCUT2D eigenvalue weighted by atomic mass is 10.1. The first kappa shape index (κ1) is 26.9. The Bertz CT molecular complexity index is 1690. The number of hydrogen-bond donors (Lipinski definition) is 2. The first-order valence-electron chi connectivity index (χ1n) is 12.5. The van der Waals surface area contributed by atoms with Crippen LogP contribution in [-0.2, 0) is 19.4 Å². The van der Waals surface area contributed by atoms with Crippen molar-refractivity contribution >= 4 is 55.5 Å². The fourth-order valence-corrected chi connectivity index (χ4v) is 6.32. The van der Waals surface area contributed by atoms with Crippen LogP contribution in [-0.4, -0.2) is 71.1 Å². The van der Waals surface area contributed by atoms with E-state index in [1.807, 2.05) is 27.5 Å². The van der Waals surface area contributed by atoms with E-state index in [1.165, 1.54) is 11.0 Å². The number of nitrogens with two attached hydrogens (primary N) is 1. The van der Waals surface area contributed by atoms with Gasteiger partial charge in [-0.15, -0.1) is 0 Å². The maximum absolute atomic E-state index is 13.2. The molecule has 39 heavy (non-hydrogen) atoms. The van der Waals surface area contributed by atoms with Gasteiger partial charge in [0.15, 0.2) is 9.84 Å². The highest BCUT2D eigenvalue weighted by Crippen LogP contribution is 2.25. The SMILES string of the molecule is CC(O)c1cn2c(N3CCN(C(=O)CCS(=O)(=O)c4ccc5cc(Cl)ccc5c4)C(C(N)=O)C3)cccc2n1. The number of pyridine rings is 1. The van der Waals surface area contributed by atoms with E-state index >= 15 is 0 Å². The number of sulfone groups is 1. The molecule has 1 fully saturated rings. The summed E-state index contributed by atoms with van der Waals surface area (Å²) in [6.07, 6.45) is 0.716. The molecule has 2 unspecified atom stereocenters. The third kappa shape index (κ3) is 5.42. The fraction of sp³-hybridized carbons (Fsp3) is 0.296. The van der Waals surface area contributed by atoms with Crippen LogP contribution in [0.4, 0.5) is 5.82 Å². The number of imidazole rings is 1. The first-order valence-corrected chi connectivity index (χ1v) is 14.5. The van der Waals surface area contributed by atoms with Crippen LogP contribution in [0, 0.1) is 0 Å². The van der Waals surface area contributed by atoms with Crippen molar-refractivity contribution in [1.29, 1.82) is 0 Å². The van der Waals surface area contributed by atoms with E-state index in [1.54, 1.807) is 43.5 Å². The predicted molar refractivity (Wildman–Crippen MR) is 148 cm³/mol. The molecule has 3 heterocycles. The Balaban J connectivity index is 1.30. The Morgan fingerprint density at radius 2 is 1.87 bits per heavy atom. The number of rotatable bonds is 7. The van der Waals surface area contributed by atoms with Crippen LogP contribution in [0.3, 0.4) is 0 Å². The average molecular weight is 570 g/mol. The van der Waals surface area contributed by atoms with Gasteiger partial charge < -0.3 is 20.6 Å². The highest BCUT2D eigenvalue weighted by molar-refractivity contribution is 7.91. The van der Waals surface area contributed by atoms with E-state index in [9.17, 15) is 23.1 Å². The number of carbonyl (C=O) groups excluding carboxylic acids is 2. The number of primary amides is 1. The number of amides is 2. The van der Waals surface area contributed by atoms with Gasteiger partial charge >= 0.3 is 0 Å². The Morgan fingerprint density at radius 1 is 1.13 bits per heavy atom. The smallest absolute Gasteiger partial charge is 0.242 e. The van der Waals surface area contributed by atoms with Gasteiger partial charge in [-0.3, -0.25) is 14.0 Å². The van der Waals surface area contributed by atoms with Crippen molar-refractivity contribution in [3.63, 3.8) is 0 Å². The summed E-state index contributed by atoms with van der Waals surface area (Å²) in [5.41, 5.74) is 6.84. The highest BCUT2D eigenvalue weighted by Gasteiger charge is 2.35. The Kier molecular flexibility index (Phi) is 7.23. The maximum atomic E-state index is 13.2. The van der Waals surface area contributed by atoms with E-state index in [-0.39, 0.29) is 24.4 Å². The minimum Gasteiger partial charge on any atom is -0.387 e. The fourth-order valence-electron chi connectivity index (χ4n) is 4.88. The molecule has 12 heteroatoms. The molecule has 1 aliphatic heterocycles. The molecule has 2 amide bonds. The zero-order valence-electron chi connectivity index (χ0n) is 21.2. The molecule has 204 valence electrons. The number of aromatic nitrogens is 2. The molecule has 2 aromatic carbocycles. The molecule has 3 N–H and O–H groups in total. The van der Waals surface area contributed by atoms with Crippen LogP contribution in [0.15, 0.2) is 65.7 Å². The molecule has 2 aromatic heterocycles. The molecule has 0 spiro atoms. The third-order valence-electron chi connectivity index (χ3n) is 6.99. The van der Waals surface area contributed by atoms with E-state index in [0.29, 0.717) is 22.9 Å². The Labute approximate surface area is 230 Å². The number of hydrogen-bond acceptors (Lipinski definition) is 7. The molecular formula is C27H28ClN5O5S. The van der Waals surface area contributed by atoms with Gasteiger partial charge in [-0.1, -0.05) is 29.8 Å². The number of aliphatic hydroxyl groups is 1. The Morgan fingerprint density at radius 3 is 2.62 bits per heavy atom. The average Bonchev–Trinajstić information content (AvgIpc) is 3.36. The lowest BCUT2D eigenvalue weighted by Crippen LogP contribution is -2.60. The monoisotopic (exact) mass is 569 g/mol. The molecule has 0 saturated carbocycles. The van der Waals surface area contributed by atoms with Gasteiger partial charge in [0.1, 0.15) is 17.5 Å². The molecule has 1 saturated heterocycles. The van der Waals surface area contributed by atoms with Crippen LogP contribution < -0.4 is 10.6 Å². The predicted octanol–water partition coefficient (Wildman–Crippen LogP) is 2.56. The van der Waals surface area contributed by atoms with Crippen molar-refractivity contribution in [2.24, 2.45) is 5.73 Å². The van der Waals surface area contributed by atoms with Gasteiger partial charge in [0.05, 0.1) is 22.4 Å². The summed E-state index contributed by atoms with van der Waals surface area (Å²) < 4.78 is 27.9. The van der Waals surface area contributed by atoms with E-state index in [2.05, 4.69) is 4.98 Å². The number of carbonyl (C=O) groups is 2. The van der Waals surface area contributed by atoms with Crippen LogP contribution in [0.1, 0.15) is 25.1 Å². The summed E-state index contributed by atoms with van der Waals surface area (Å²) >= 11 is 6.01. The van der Waals surface area contributed by atoms with Gasteiger partial charge in [-0.25, -0.2) is 13.4 Å². The summed E-state index contributed by atoms with van der Waals surface area (Å²) in [5.74, 6) is -0.781. The maximum Gasteiger partial charge on any atom is 0.242 e. The van der Waals surface area contributed by atoms with E-state index in [0.717, 1.165) is 16.6 Å². The van der Waals surface area contributed by atoms with Gasteiger partial charge in [0.2, 0.25) is 11.8 Å². The number of halogens is 1. The zero-order chi connectivity index (χ0) is 27.9. The Hall–Kier alpha value is -3.67. The number of piperazine rings is 1.